The number of rotatable bonds is 5. The van der Waals surface area contributed by atoms with Crippen LogP contribution in [0, 0.1) is 5.92 Å². The highest BCUT2D eigenvalue weighted by Gasteiger charge is 2.53. The Bertz CT molecular complexity index is 959. The molecule has 9 nitrogen and oxygen atoms in total. The zero-order valence-corrected chi connectivity index (χ0v) is 19.8. The number of urea groups is 1. The summed E-state index contributed by atoms with van der Waals surface area (Å²) in [6.07, 6.45) is 4.14. The molecule has 2 saturated heterocycles. The zero-order chi connectivity index (χ0) is 23.8. The monoisotopic (exact) mass is 495 g/mol. The third-order valence-electron chi connectivity index (χ3n) is 6.67. The van der Waals surface area contributed by atoms with E-state index in [4.69, 9.17) is 23.2 Å². The van der Waals surface area contributed by atoms with Crippen LogP contribution in [0.3, 0.4) is 0 Å². The van der Waals surface area contributed by atoms with Gasteiger partial charge in [-0.25, -0.2) is 4.79 Å². The smallest absolute Gasteiger partial charge is 0.325 e. The third kappa shape index (κ3) is 5.10. The van der Waals surface area contributed by atoms with E-state index in [-0.39, 0.29) is 12.5 Å². The van der Waals surface area contributed by atoms with Gasteiger partial charge in [0.05, 0.1) is 12.6 Å². The molecule has 5 amide bonds. The lowest BCUT2D eigenvalue weighted by Gasteiger charge is -2.33. The fourth-order valence-electron chi connectivity index (χ4n) is 4.82. The molecule has 3 aliphatic rings. The molecule has 11 heteroatoms. The van der Waals surface area contributed by atoms with Crippen LogP contribution in [0.2, 0.25) is 10.0 Å². The van der Waals surface area contributed by atoms with Crippen molar-refractivity contribution in [1.82, 2.24) is 20.7 Å². The fourth-order valence-corrected chi connectivity index (χ4v) is 5.35. The SMILES string of the molecule is CC1CCC2(CC1)NC(=O)N(NC(=O)CN1CCCC1C(=O)Nc1cc(Cl)cc(Cl)c1)C2=O. The Morgan fingerprint density at radius 2 is 1.79 bits per heavy atom. The second-order valence-electron chi connectivity index (χ2n) is 9.15. The average molecular weight is 496 g/mol. The Balaban J connectivity index is 1.35. The topological polar surface area (TPSA) is 111 Å². The van der Waals surface area contributed by atoms with Gasteiger partial charge in [-0.3, -0.25) is 24.7 Å². The minimum atomic E-state index is -0.925. The van der Waals surface area contributed by atoms with Crippen LogP contribution in [0.1, 0.15) is 45.4 Å². The van der Waals surface area contributed by atoms with Crippen molar-refractivity contribution in [3.05, 3.63) is 28.2 Å². The molecular weight excluding hydrogens is 469 g/mol. The van der Waals surface area contributed by atoms with E-state index in [2.05, 4.69) is 23.0 Å². The maximum atomic E-state index is 12.9. The standard InChI is InChI=1S/C22H27Cl2N5O4/c1-13-4-6-22(7-5-13)20(32)29(21(33)26-22)27-18(30)12-28-8-2-3-17(28)19(31)25-16-10-14(23)9-15(24)11-16/h9-11,13,17H,2-8,12H2,1H3,(H,25,31)(H,26,33)(H,27,30). The van der Waals surface area contributed by atoms with Gasteiger partial charge in [0.2, 0.25) is 5.91 Å². The van der Waals surface area contributed by atoms with Gasteiger partial charge >= 0.3 is 6.03 Å². The largest absolute Gasteiger partial charge is 0.344 e. The molecule has 3 fully saturated rings. The Morgan fingerprint density at radius 3 is 2.45 bits per heavy atom. The van der Waals surface area contributed by atoms with E-state index < -0.39 is 29.4 Å². The number of amides is 5. The van der Waals surface area contributed by atoms with Gasteiger partial charge in [-0.15, -0.1) is 0 Å². The van der Waals surface area contributed by atoms with Crippen LogP contribution in [0.5, 0.6) is 0 Å². The highest BCUT2D eigenvalue weighted by atomic mass is 35.5. The number of hydrogen-bond donors (Lipinski definition) is 3. The maximum Gasteiger partial charge on any atom is 0.344 e. The van der Waals surface area contributed by atoms with Gasteiger partial charge in [-0.2, -0.15) is 5.01 Å². The molecule has 1 atom stereocenters. The summed E-state index contributed by atoms with van der Waals surface area (Å²) in [5.74, 6) is -0.708. The molecule has 33 heavy (non-hydrogen) atoms. The first-order valence-electron chi connectivity index (χ1n) is 11.1. The van der Waals surface area contributed by atoms with Crippen molar-refractivity contribution in [2.45, 2.75) is 57.0 Å². The van der Waals surface area contributed by atoms with Crippen molar-refractivity contribution in [3.8, 4) is 0 Å². The Morgan fingerprint density at radius 1 is 1.12 bits per heavy atom. The molecule has 4 rings (SSSR count). The normalized spacial score (nSPS) is 27.7. The number of likely N-dealkylation sites (tertiary alicyclic amines) is 1. The molecule has 1 aromatic rings. The number of carbonyl (C=O) groups is 4. The van der Waals surface area contributed by atoms with Crippen LogP contribution in [0.25, 0.3) is 0 Å². The minimum Gasteiger partial charge on any atom is -0.325 e. The molecule has 1 spiro atoms. The molecule has 1 aliphatic carbocycles. The summed E-state index contributed by atoms with van der Waals surface area (Å²) in [6.45, 7) is 2.55. The van der Waals surface area contributed by atoms with Gasteiger partial charge in [0, 0.05) is 15.7 Å². The molecular formula is C22H27Cl2N5O4. The lowest BCUT2D eigenvalue weighted by molar-refractivity contribution is -0.140. The molecule has 2 aliphatic heterocycles. The van der Waals surface area contributed by atoms with Crippen molar-refractivity contribution in [1.29, 1.82) is 0 Å². The van der Waals surface area contributed by atoms with Gasteiger partial charge < -0.3 is 10.6 Å². The van der Waals surface area contributed by atoms with Crippen molar-refractivity contribution in [3.63, 3.8) is 0 Å². The first kappa shape index (κ1) is 23.8. The number of benzene rings is 1. The summed E-state index contributed by atoms with van der Waals surface area (Å²) in [6, 6.07) is 3.62. The zero-order valence-electron chi connectivity index (χ0n) is 18.3. The molecule has 178 valence electrons. The molecule has 1 saturated carbocycles. The van der Waals surface area contributed by atoms with Crippen LogP contribution in [0.15, 0.2) is 18.2 Å². The first-order chi connectivity index (χ1) is 15.7. The van der Waals surface area contributed by atoms with Gasteiger partial charge in [-0.1, -0.05) is 30.1 Å². The minimum absolute atomic E-state index is 0.116. The quantitative estimate of drug-likeness (QED) is 0.543. The van der Waals surface area contributed by atoms with Crippen LogP contribution in [-0.2, 0) is 14.4 Å². The number of hydrazine groups is 1. The number of hydrogen-bond acceptors (Lipinski definition) is 5. The summed E-state index contributed by atoms with van der Waals surface area (Å²) in [5.41, 5.74) is 1.98. The highest BCUT2D eigenvalue weighted by molar-refractivity contribution is 6.35. The molecule has 0 bridgehead atoms. The van der Waals surface area contributed by atoms with Crippen molar-refractivity contribution in [2.75, 3.05) is 18.4 Å². The van der Waals surface area contributed by atoms with Crippen molar-refractivity contribution < 1.29 is 19.2 Å². The number of imide groups is 1. The fraction of sp³-hybridized carbons (Fsp3) is 0.545. The van der Waals surface area contributed by atoms with E-state index in [1.54, 1.807) is 23.1 Å². The van der Waals surface area contributed by atoms with E-state index in [9.17, 15) is 19.2 Å². The number of nitrogens with one attached hydrogen (secondary N) is 3. The molecule has 1 aromatic carbocycles. The van der Waals surface area contributed by atoms with E-state index in [0.29, 0.717) is 47.5 Å². The van der Waals surface area contributed by atoms with E-state index in [1.165, 1.54) is 0 Å². The van der Waals surface area contributed by atoms with Crippen LogP contribution in [0.4, 0.5) is 10.5 Å². The molecule has 3 N–H and O–H groups in total. The van der Waals surface area contributed by atoms with Gasteiger partial charge in [0.1, 0.15) is 5.54 Å². The Kier molecular flexibility index (Phi) is 6.83. The van der Waals surface area contributed by atoms with E-state index >= 15 is 0 Å². The lowest BCUT2D eigenvalue weighted by atomic mass is 9.77. The predicted octanol–water partition coefficient (Wildman–Crippen LogP) is 2.93. The van der Waals surface area contributed by atoms with Crippen molar-refractivity contribution in [2.24, 2.45) is 5.92 Å². The number of nitrogens with zero attached hydrogens (tertiary/aromatic N) is 2. The second-order valence-corrected chi connectivity index (χ2v) is 10.0. The van der Waals surface area contributed by atoms with Crippen LogP contribution in [-0.4, -0.2) is 58.3 Å². The van der Waals surface area contributed by atoms with Crippen LogP contribution < -0.4 is 16.1 Å². The number of carbonyl (C=O) groups excluding carboxylic acids is 4. The molecule has 0 radical (unpaired) electrons. The molecule has 0 aromatic heterocycles. The average Bonchev–Trinajstić information content (AvgIpc) is 3.28. The van der Waals surface area contributed by atoms with Crippen molar-refractivity contribution >= 4 is 52.6 Å². The van der Waals surface area contributed by atoms with Gasteiger partial charge in [0.25, 0.3) is 11.8 Å². The predicted molar refractivity (Wildman–Crippen MR) is 124 cm³/mol. The Labute approximate surface area is 202 Å². The summed E-state index contributed by atoms with van der Waals surface area (Å²) >= 11 is 12.0. The molecule has 2 heterocycles. The summed E-state index contributed by atoms with van der Waals surface area (Å²) in [5, 5.41) is 7.16. The second kappa shape index (κ2) is 9.48. The first-order valence-corrected chi connectivity index (χ1v) is 11.9. The van der Waals surface area contributed by atoms with E-state index in [1.807, 2.05) is 0 Å². The summed E-state index contributed by atoms with van der Waals surface area (Å²) in [4.78, 5) is 52.6. The van der Waals surface area contributed by atoms with Gasteiger partial charge in [-0.05, 0) is 69.2 Å². The number of halogens is 2. The number of anilines is 1. The maximum absolute atomic E-state index is 12.9. The Hall–Kier alpha value is -2.36. The highest BCUT2D eigenvalue weighted by Crippen LogP contribution is 2.35. The third-order valence-corrected chi connectivity index (χ3v) is 7.11. The summed E-state index contributed by atoms with van der Waals surface area (Å²) in [7, 11) is 0. The summed E-state index contributed by atoms with van der Waals surface area (Å²) < 4.78 is 0. The molecule has 1 unspecified atom stereocenters. The van der Waals surface area contributed by atoms with Gasteiger partial charge in [0.15, 0.2) is 0 Å². The van der Waals surface area contributed by atoms with E-state index in [0.717, 1.165) is 24.3 Å². The van der Waals surface area contributed by atoms with Crippen LogP contribution >= 0.6 is 23.2 Å². The lowest BCUT2D eigenvalue weighted by Crippen LogP contribution is -2.53.